The lowest BCUT2D eigenvalue weighted by Crippen LogP contribution is -2.01. The number of nitrogens with two attached hydrogens (primary N) is 1. The molecule has 1 heterocycles. The molecule has 0 aliphatic heterocycles. The van der Waals surface area contributed by atoms with Gasteiger partial charge >= 0.3 is 0 Å². The third kappa shape index (κ3) is 2.01. The van der Waals surface area contributed by atoms with Crippen molar-refractivity contribution in [2.45, 2.75) is 18.4 Å². The molecule has 3 nitrogen and oxygen atoms in total. The highest BCUT2D eigenvalue weighted by molar-refractivity contribution is 5.60. The lowest BCUT2D eigenvalue weighted by molar-refractivity contribution is 0.475. The molecular weight excluding hydrogens is 212 g/mol. The van der Waals surface area contributed by atoms with E-state index in [1.165, 1.54) is 5.56 Å². The van der Waals surface area contributed by atoms with Crippen LogP contribution in [0.3, 0.4) is 0 Å². The molecule has 1 aromatic heterocycles. The number of hydrogen-bond donors (Lipinski definition) is 2. The summed E-state index contributed by atoms with van der Waals surface area (Å²) in [6.45, 7) is 0. The molecule has 2 atom stereocenters. The number of rotatable bonds is 2. The number of aromatic nitrogens is 1. The summed E-state index contributed by atoms with van der Waals surface area (Å²) in [5, 5.41) is 9.22. The Labute approximate surface area is 99.9 Å². The summed E-state index contributed by atoms with van der Waals surface area (Å²) in [5.41, 5.74) is 8.96. The lowest BCUT2D eigenvalue weighted by Gasteiger charge is -2.03. The Hall–Kier alpha value is -1.87. The van der Waals surface area contributed by atoms with Crippen molar-refractivity contribution in [2.75, 3.05) is 0 Å². The summed E-state index contributed by atoms with van der Waals surface area (Å²) in [6.07, 6.45) is 2.97. The van der Waals surface area contributed by atoms with E-state index >= 15 is 0 Å². The van der Waals surface area contributed by atoms with E-state index in [9.17, 15) is 5.11 Å². The zero-order valence-corrected chi connectivity index (χ0v) is 9.38. The highest BCUT2D eigenvalue weighted by Crippen LogP contribution is 2.38. The normalized spacial score (nSPS) is 22.4. The van der Waals surface area contributed by atoms with Gasteiger partial charge in [0, 0.05) is 23.7 Å². The van der Waals surface area contributed by atoms with E-state index in [0.717, 1.165) is 17.7 Å². The molecule has 1 aliphatic rings. The van der Waals surface area contributed by atoms with Crippen molar-refractivity contribution in [1.82, 2.24) is 4.98 Å². The molecule has 3 N–H and O–H groups in total. The minimum atomic E-state index is 0.273. The number of phenolic OH excluding ortho intramolecular Hbond substituents is 1. The highest BCUT2D eigenvalue weighted by Gasteiger charge is 2.34. The first-order chi connectivity index (χ1) is 8.24. The standard InChI is InChI=1S/C14H14N2O/c15-13-7-12(13)10-3-6-14(16-8-10)9-1-4-11(17)5-2-9/h1-6,8,12-13,17H,7,15H2. The van der Waals surface area contributed by atoms with Gasteiger partial charge in [-0.3, -0.25) is 4.98 Å². The summed E-state index contributed by atoms with van der Waals surface area (Å²) in [6, 6.07) is 11.5. The third-order valence-electron chi connectivity index (χ3n) is 3.22. The minimum absolute atomic E-state index is 0.273. The Bertz CT molecular complexity index is 519. The second-order valence-corrected chi connectivity index (χ2v) is 4.53. The average Bonchev–Trinajstić information content (AvgIpc) is 3.08. The van der Waals surface area contributed by atoms with Gasteiger partial charge in [0.2, 0.25) is 0 Å². The Balaban J connectivity index is 1.86. The van der Waals surface area contributed by atoms with Crippen LogP contribution in [0.25, 0.3) is 11.3 Å². The molecule has 86 valence electrons. The fourth-order valence-corrected chi connectivity index (χ4v) is 2.03. The van der Waals surface area contributed by atoms with Crippen LogP contribution in [-0.4, -0.2) is 16.1 Å². The van der Waals surface area contributed by atoms with E-state index in [4.69, 9.17) is 5.73 Å². The Morgan fingerprint density at radius 1 is 1.12 bits per heavy atom. The number of aromatic hydroxyl groups is 1. The zero-order valence-electron chi connectivity index (χ0n) is 9.38. The van der Waals surface area contributed by atoms with Gasteiger partial charge in [0.05, 0.1) is 5.69 Å². The Kier molecular flexibility index (Phi) is 2.34. The summed E-state index contributed by atoms with van der Waals surface area (Å²) in [5.74, 6) is 0.769. The van der Waals surface area contributed by atoms with Crippen LogP contribution in [0.2, 0.25) is 0 Å². The van der Waals surface area contributed by atoms with Gasteiger partial charge in [0.1, 0.15) is 5.75 Å². The van der Waals surface area contributed by atoms with E-state index in [-0.39, 0.29) is 5.75 Å². The second-order valence-electron chi connectivity index (χ2n) is 4.53. The van der Waals surface area contributed by atoms with E-state index in [2.05, 4.69) is 11.1 Å². The van der Waals surface area contributed by atoms with Crippen molar-refractivity contribution >= 4 is 0 Å². The largest absolute Gasteiger partial charge is 0.508 e. The fourth-order valence-electron chi connectivity index (χ4n) is 2.03. The molecule has 3 heteroatoms. The van der Waals surface area contributed by atoms with Crippen molar-refractivity contribution in [2.24, 2.45) is 5.73 Å². The predicted octanol–water partition coefficient (Wildman–Crippen LogP) is 2.27. The van der Waals surface area contributed by atoms with Crippen molar-refractivity contribution in [3.63, 3.8) is 0 Å². The van der Waals surface area contributed by atoms with Crippen LogP contribution in [0.1, 0.15) is 17.9 Å². The van der Waals surface area contributed by atoms with Gasteiger partial charge in [-0.1, -0.05) is 6.07 Å². The van der Waals surface area contributed by atoms with E-state index < -0.39 is 0 Å². The molecule has 2 unspecified atom stereocenters. The number of pyridine rings is 1. The topological polar surface area (TPSA) is 59.1 Å². The monoisotopic (exact) mass is 226 g/mol. The van der Waals surface area contributed by atoms with Gasteiger partial charge in [0.25, 0.3) is 0 Å². The molecule has 3 rings (SSSR count). The van der Waals surface area contributed by atoms with Crippen molar-refractivity contribution < 1.29 is 5.11 Å². The van der Waals surface area contributed by atoms with Gasteiger partial charge in [-0.15, -0.1) is 0 Å². The van der Waals surface area contributed by atoms with Gasteiger partial charge in [-0.25, -0.2) is 0 Å². The highest BCUT2D eigenvalue weighted by atomic mass is 16.3. The molecule has 1 aromatic carbocycles. The van der Waals surface area contributed by atoms with Gasteiger partial charge in [-0.05, 0) is 42.3 Å². The van der Waals surface area contributed by atoms with Gasteiger partial charge in [0.15, 0.2) is 0 Å². The van der Waals surface area contributed by atoms with Crippen molar-refractivity contribution in [3.8, 4) is 17.0 Å². The summed E-state index contributed by atoms with van der Waals surface area (Å²) >= 11 is 0. The molecule has 0 radical (unpaired) electrons. The molecule has 0 saturated heterocycles. The van der Waals surface area contributed by atoms with Crippen LogP contribution in [0.15, 0.2) is 42.6 Å². The van der Waals surface area contributed by atoms with Gasteiger partial charge < -0.3 is 10.8 Å². The molecular formula is C14H14N2O. The number of benzene rings is 1. The first kappa shape index (κ1) is 10.3. The number of hydrogen-bond acceptors (Lipinski definition) is 3. The summed E-state index contributed by atoms with van der Waals surface area (Å²) in [4.78, 5) is 4.44. The van der Waals surface area contributed by atoms with Gasteiger partial charge in [-0.2, -0.15) is 0 Å². The van der Waals surface area contributed by atoms with Crippen LogP contribution >= 0.6 is 0 Å². The van der Waals surface area contributed by atoms with E-state index in [1.54, 1.807) is 12.1 Å². The SMILES string of the molecule is NC1CC1c1ccc(-c2ccc(O)cc2)nc1. The maximum atomic E-state index is 9.22. The molecule has 17 heavy (non-hydrogen) atoms. The lowest BCUT2D eigenvalue weighted by atomic mass is 10.1. The molecule has 2 aromatic rings. The Morgan fingerprint density at radius 2 is 1.82 bits per heavy atom. The second kappa shape index (κ2) is 3.86. The number of nitrogens with zero attached hydrogens (tertiary/aromatic N) is 1. The quantitative estimate of drug-likeness (QED) is 0.825. The van der Waals surface area contributed by atoms with Crippen LogP contribution in [0.5, 0.6) is 5.75 Å². The molecule has 0 amide bonds. The van der Waals surface area contributed by atoms with Crippen molar-refractivity contribution in [1.29, 1.82) is 0 Å². The fraction of sp³-hybridized carbons (Fsp3) is 0.214. The smallest absolute Gasteiger partial charge is 0.115 e. The first-order valence-electron chi connectivity index (χ1n) is 5.75. The predicted molar refractivity (Wildman–Crippen MR) is 66.7 cm³/mol. The van der Waals surface area contributed by atoms with Crippen LogP contribution in [-0.2, 0) is 0 Å². The average molecular weight is 226 g/mol. The van der Waals surface area contributed by atoms with Crippen LogP contribution in [0, 0.1) is 0 Å². The molecule has 1 saturated carbocycles. The number of phenols is 1. The molecule has 1 fully saturated rings. The van der Waals surface area contributed by atoms with E-state index in [1.807, 2.05) is 24.4 Å². The maximum absolute atomic E-state index is 9.22. The molecule has 1 aliphatic carbocycles. The molecule has 0 bridgehead atoms. The minimum Gasteiger partial charge on any atom is -0.508 e. The maximum Gasteiger partial charge on any atom is 0.115 e. The summed E-state index contributed by atoms with van der Waals surface area (Å²) in [7, 11) is 0. The van der Waals surface area contributed by atoms with Crippen molar-refractivity contribution in [3.05, 3.63) is 48.2 Å². The molecule has 0 spiro atoms. The zero-order chi connectivity index (χ0) is 11.8. The Morgan fingerprint density at radius 3 is 2.35 bits per heavy atom. The van der Waals surface area contributed by atoms with Crippen LogP contribution in [0.4, 0.5) is 0 Å². The summed E-state index contributed by atoms with van der Waals surface area (Å²) < 4.78 is 0. The first-order valence-corrected chi connectivity index (χ1v) is 5.75. The van der Waals surface area contributed by atoms with E-state index in [0.29, 0.717) is 12.0 Å². The van der Waals surface area contributed by atoms with Crippen LogP contribution < -0.4 is 5.73 Å². The third-order valence-corrected chi connectivity index (χ3v) is 3.22.